The Morgan fingerprint density at radius 3 is 2.00 bits per heavy atom. The van der Waals surface area contributed by atoms with Crippen molar-refractivity contribution in [2.24, 2.45) is 17.8 Å². The molecular weight excluding hydrogens is 1030 g/mol. The van der Waals surface area contributed by atoms with E-state index in [4.69, 9.17) is 33.2 Å². The number of fused-ring (bicyclic) bond motifs is 4. The molecule has 19 heteroatoms. The van der Waals surface area contributed by atoms with Gasteiger partial charge >= 0.3 is 29.9 Å². The second-order valence-electron chi connectivity index (χ2n) is 20.0. The van der Waals surface area contributed by atoms with E-state index in [0.717, 1.165) is 30.2 Å². The highest BCUT2D eigenvalue weighted by Crippen LogP contribution is 2.67. The summed E-state index contributed by atoms with van der Waals surface area (Å²) in [7, 11) is 6.48. The number of imide groups is 1. The first kappa shape index (κ1) is 56.0. The first-order chi connectivity index (χ1) is 38.7. The number of hydrogen-bond donors (Lipinski definition) is 2. The van der Waals surface area contributed by atoms with Gasteiger partial charge in [-0.05, 0) is 76.6 Å². The van der Waals surface area contributed by atoms with Crippen LogP contribution in [0.5, 0.6) is 17.2 Å². The van der Waals surface area contributed by atoms with Crippen molar-refractivity contribution in [3.8, 4) is 29.1 Å². The van der Waals surface area contributed by atoms with Crippen LogP contribution in [-0.2, 0) is 66.1 Å². The number of esters is 4. The lowest BCUT2D eigenvalue weighted by Crippen LogP contribution is -2.58. The number of aliphatic hydroxyl groups excluding tert-OH is 1. The molecule has 0 radical (unpaired) electrons. The van der Waals surface area contributed by atoms with Gasteiger partial charge in [-0.25, -0.2) is 14.5 Å². The predicted octanol–water partition coefficient (Wildman–Crippen LogP) is 5.94. The van der Waals surface area contributed by atoms with E-state index < -0.39 is 102 Å². The number of nitrogens with one attached hydrogen (secondary N) is 1. The maximum atomic E-state index is 17.1. The summed E-state index contributed by atoms with van der Waals surface area (Å²) in [5.74, 6) is -1.56. The van der Waals surface area contributed by atoms with Crippen LogP contribution in [0.1, 0.15) is 77.4 Å². The molecule has 416 valence electrons. The van der Waals surface area contributed by atoms with Crippen LogP contribution < -0.4 is 24.4 Å². The lowest BCUT2D eigenvalue weighted by Gasteiger charge is -2.46. The molecule has 7 atom stereocenters. The minimum Gasteiger partial charge on any atom is -0.493 e. The standard InChI is InChI=1S/C61H62N4O15/c1-35(2)49(57(70)78-7)62-60(73)64-44-26-25-36(17-16-23-42(55(68)76-5)56(69)77-6)31-43(44)61(59(64)72)48(54(67)63-28-27-39-32-46(74-3)47(75-4)33-40(39)34-63)51-58(71)80-52(38-20-12-9-13-21-38)50(37-18-10-8-11-19-37)65(51)53(61)41-22-14-15-24-45(41)79-30-29-66/h8-15,18-22,24-26,31-33,35,42,48-53,66H,23,27-30,34H2,1-7H3,(H,62,73)/t48-,49-,50-,51-,52+,53+,61-/m0/s1. The number of carbonyl (C=O) groups excluding carboxylic acids is 7. The zero-order valence-corrected chi connectivity index (χ0v) is 45.3. The van der Waals surface area contributed by atoms with Crippen LogP contribution in [0, 0.1) is 29.6 Å². The Morgan fingerprint density at radius 1 is 0.750 bits per heavy atom. The van der Waals surface area contributed by atoms with E-state index in [-0.39, 0.29) is 48.7 Å². The van der Waals surface area contributed by atoms with Gasteiger partial charge in [0.1, 0.15) is 36.0 Å². The van der Waals surface area contributed by atoms with Crippen molar-refractivity contribution in [2.45, 2.75) is 68.9 Å². The third-order valence-electron chi connectivity index (χ3n) is 15.4. The molecule has 5 aromatic carbocycles. The Balaban J connectivity index is 1.37. The van der Waals surface area contributed by atoms with Crippen LogP contribution in [0.4, 0.5) is 10.5 Å². The summed E-state index contributed by atoms with van der Waals surface area (Å²) in [6.45, 7) is 2.93. The highest BCUT2D eigenvalue weighted by Gasteiger charge is 2.76. The van der Waals surface area contributed by atoms with Crippen LogP contribution in [0.2, 0.25) is 0 Å². The van der Waals surface area contributed by atoms with Gasteiger partial charge in [0, 0.05) is 30.6 Å². The summed E-state index contributed by atoms with van der Waals surface area (Å²) in [6.07, 6.45) is -1.06. The number of morpholine rings is 1. The number of para-hydroxylation sites is 1. The number of amides is 4. The Hall–Kier alpha value is -8.73. The summed E-state index contributed by atoms with van der Waals surface area (Å²) in [4.78, 5) is 108. The summed E-state index contributed by atoms with van der Waals surface area (Å²) in [5, 5.41) is 13.0. The van der Waals surface area contributed by atoms with Crippen molar-refractivity contribution in [3.05, 3.63) is 154 Å². The smallest absolute Gasteiger partial charge is 0.329 e. The van der Waals surface area contributed by atoms with Crippen molar-refractivity contribution in [1.29, 1.82) is 0 Å². The molecule has 2 fully saturated rings. The minimum absolute atomic E-state index is 0.00566. The number of nitrogens with zero attached hydrogens (tertiary/aromatic N) is 3. The molecule has 4 heterocycles. The predicted molar refractivity (Wildman–Crippen MR) is 288 cm³/mol. The summed E-state index contributed by atoms with van der Waals surface area (Å²) in [6, 6.07) is 27.2. The van der Waals surface area contributed by atoms with Crippen molar-refractivity contribution in [3.63, 3.8) is 0 Å². The Kier molecular flexibility index (Phi) is 16.6. The number of ether oxygens (including phenoxy) is 7. The highest BCUT2D eigenvalue weighted by molar-refractivity contribution is 6.25. The van der Waals surface area contributed by atoms with Crippen LogP contribution in [0.15, 0.2) is 115 Å². The fraction of sp³-hybridized carbons (Fsp3) is 0.361. The van der Waals surface area contributed by atoms with E-state index in [9.17, 15) is 19.5 Å². The molecule has 4 aliphatic heterocycles. The third-order valence-corrected chi connectivity index (χ3v) is 15.4. The number of cyclic esters (lactones) is 1. The van der Waals surface area contributed by atoms with E-state index in [0.29, 0.717) is 34.6 Å². The molecule has 0 aliphatic carbocycles. The molecule has 0 saturated carbocycles. The van der Waals surface area contributed by atoms with Gasteiger partial charge in [-0.3, -0.25) is 28.9 Å². The lowest BCUT2D eigenvalue weighted by atomic mass is 9.64. The Bertz CT molecular complexity index is 3250. The van der Waals surface area contributed by atoms with E-state index in [1.165, 1.54) is 33.5 Å². The second kappa shape index (κ2) is 23.7. The number of benzene rings is 5. The van der Waals surface area contributed by atoms with Gasteiger partial charge in [0.25, 0.3) is 0 Å². The Morgan fingerprint density at radius 2 is 1.38 bits per heavy atom. The number of aliphatic hydroxyl groups is 1. The van der Waals surface area contributed by atoms with Crippen molar-refractivity contribution >= 4 is 47.4 Å². The van der Waals surface area contributed by atoms with Crippen LogP contribution in [0.3, 0.4) is 0 Å². The van der Waals surface area contributed by atoms with Crippen LogP contribution in [-0.4, -0.2) is 124 Å². The average molecular weight is 1090 g/mol. The van der Waals surface area contributed by atoms with Gasteiger partial charge in [-0.15, -0.1) is 0 Å². The molecule has 19 nitrogen and oxygen atoms in total. The van der Waals surface area contributed by atoms with Gasteiger partial charge in [-0.1, -0.05) is 105 Å². The monoisotopic (exact) mass is 1090 g/mol. The van der Waals surface area contributed by atoms with Crippen molar-refractivity contribution in [2.75, 3.05) is 60.2 Å². The number of methoxy groups -OCH3 is 5. The van der Waals surface area contributed by atoms with Gasteiger partial charge in [0.2, 0.25) is 11.8 Å². The zero-order chi connectivity index (χ0) is 57.0. The molecule has 4 amide bonds. The summed E-state index contributed by atoms with van der Waals surface area (Å²) < 4.78 is 39.3. The fourth-order valence-electron chi connectivity index (χ4n) is 11.8. The number of rotatable bonds is 15. The molecular formula is C61H62N4O15. The van der Waals surface area contributed by atoms with Gasteiger partial charge in [0.05, 0.1) is 65.8 Å². The SMILES string of the molecule is COC(=O)C(CC#Cc1ccc2c(c1)[C@]1(C(=O)N2C(=O)N[C@H](C(=O)OC)C(C)C)[C@H](C(=O)N2CCc3cc(OC)c(OC)cc3C2)[C@H]2C(=O)O[C@H](c3ccccc3)[C@H](c3ccccc3)N2[C@@H]1c1ccccc1OCCO)C(=O)OC. The van der Waals surface area contributed by atoms with Crippen molar-refractivity contribution < 1.29 is 71.8 Å². The molecule has 2 N–H and O–H groups in total. The largest absolute Gasteiger partial charge is 0.493 e. The lowest BCUT2D eigenvalue weighted by molar-refractivity contribution is -0.179. The summed E-state index contributed by atoms with van der Waals surface area (Å²) >= 11 is 0. The Labute approximate surface area is 462 Å². The van der Waals surface area contributed by atoms with E-state index in [1.54, 1.807) is 55.1 Å². The van der Waals surface area contributed by atoms with Gasteiger partial charge in [-0.2, -0.15) is 0 Å². The number of carbonyl (C=O) groups is 7. The topological polar surface area (TPSA) is 226 Å². The fourth-order valence-corrected chi connectivity index (χ4v) is 11.8. The molecule has 0 unspecified atom stereocenters. The number of urea groups is 1. The first-order valence-electron chi connectivity index (χ1n) is 26.1. The summed E-state index contributed by atoms with van der Waals surface area (Å²) in [5.41, 5.74) is 1.18. The molecule has 0 aromatic heterocycles. The van der Waals surface area contributed by atoms with E-state index in [1.807, 2.05) is 71.6 Å². The molecule has 9 rings (SSSR count). The van der Waals surface area contributed by atoms with Crippen LogP contribution >= 0.6 is 0 Å². The van der Waals surface area contributed by atoms with E-state index in [2.05, 4.69) is 17.2 Å². The quantitative estimate of drug-likeness (QED) is 0.0536. The minimum atomic E-state index is -2.31. The molecule has 5 aromatic rings. The van der Waals surface area contributed by atoms with Crippen LogP contribution in [0.25, 0.3) is 0 Å². The molecule has 4 aliphatic rings. The third kappa shape index (κ3) is 9.93. The van der Waals surface area contributed by atoms with E-state index >= 15 is 19.2 Å². The molecule has 0 bridgehead atoms. The van der Waals surface area contributed by atoms with Gasteiger partial charge in [0.15, 0.2) is 17.4 Å². The normalized spacial score (nSPS) is 21.3. The zero-order valence-electron chi connectivity index (χ0n) is 45.3. The number of hydrogen-bond acceptors (Lipinski definition) is 16. The molecule has 2 saturated heterocycles. The maximum absolute atomic E-state index is 17.1. The first-order valence-corrected chi connectivity index (χ1v) is 26.1. The highest BCUT2D eigenvalue weighted by atomic mass is 16.6. The molecule has 1 spiro atoms. The maximum Gasteiger partial charge on any atom is 0.329 e. The van der Waals surface area contributed by atoms with Crippen molar-refractivity contribution in [1.82, 2.24) is 15.1 Å². The molecule has 80 heavy (non-hydrogen) atoms. The average Bonchev–Trinajstić information content (AvgIpc) is 2.84. The second-order valence-corrected chi connectivity index (χ2v) is 20.0. The number of anilines is 1. The van der Waals surface area contributed by atoms with Gasteiger partial charge < -0.3 is 48.5 Å².